The minimum Gasteiger partial charge on any atom is -0.458 e. The lowest BCUT2D eigenvalue weighted by molar-refractivity contribution is -0.571. The van der Waals surface area contributed by atoms with Crippen LogP contribution in [-0.4, -0.2) is 18.7 Å². The standard InChI is InChI=1S/C60H39N5O/c1-4-18-41(19-5-1)47-28-17-29-48(42-20-6-2-7-21-42)59(47)63-40-62(54-32-14-15-33-55(54)63)44-24-16-25-45(38-44)66-46-34-35-50-49-26-10-12-30-52(49)65(57(50)39-46)60-58-51-27-11-13-31-53(51)64(56(58)36-37-61-60)43-22-8-3-9-23-43/h1-39H. The van der Waals surface area contributed by atoms with Crippen LogP contribution >= 0.6 is 0 Å². The minimum absolute atomic E-state index is 0.716. The molecule has 66 heavy (non-hydrogen) atoms. The predicted octanol–water partition coefficient (Wildman–Crippen LogP) is 14.4. The van der Waals surface area contributed by atoms with Crippen LogP contribution in [0.15, 0.2) is 237 Å². The third-order valence-corrected chi connectivity index (χ3v) is 12.7. The van der Waals surface area contributed by atoms with Crippen molar-refractivity contribution in [2.75, 3.05) is 0 Å². The number of ether oxygens (including phenoxy) is 1. The second-order valence-corrected chi connectivity index (χ2v) is 16.5. The zero-order valence-electron chi connectivity index (χ0n) is 35.7. The normalized spacial score (nSPS) is 11.6. The summed E-state index contributed by atoms with van der Waals surface area (Å²) < 4.78 is 15.8. The molecule has 13 rings (SSSR count). The monoisotopic (exact) mass is 845 g/mol. The molecule has 9 aromatic carbocycles. The van der Waals surface area contributed by atoms with Crippen LogP contribution < -0.4 is 9.30 Å². The third kappa shape index (κ3) is 6.04. The number of hydrogen-bond acceptors (Lipinski definition) is 2. The van der Waals surface area contributed by atoms with E-state index in [2.05, 4.69) is 243 Å². The van der Waals surface area contributed by atoms with Crippen LogP contribution in [0.25, 0.3) is 99.8 Å². The number of fused-ring (bicyclic) bond motifs is 7. The smallest absolute Gasteiger partial charge is 0.269 e. The molecule has 0 bridgehead atoms. The Morgan fingerprint density at radius 2 is 0.985 bits per heavy atom. The Labute approximate surface area is 380 Å². The van der Waals surface area contributed by atoms with E-state index in [4.69, 9.17) is 9.72 Å². The lowest BCUT2D eigenvalue weighted by atomic mass is 9.95. The van der Waals surface area contributed by atoms with Crippen LogP contribution in [0.4, 0.5) is 0 Å². The van der Waals surface area contributed by atoms with Crippen molar-refractivity contribution in [3.05, 3.63) is 243 Å². The van der Waals surface area contributed by atoms with E-state index < -0.39 is 0 Å². The van der Waals surface area contributed by atoms with Gasteiger partial charge in [-0.05, 0) is 82.9 Å². The molecule has 6 heteroatoms. The van der Waals surface area contributed by atoms with Crippen molar-refractivity contribution >= 4 is 54.6 Å². The van der Waals surface area contributed by atoms with Gasteiger partial charge in [0.25, 0.3) is 6.33 Å². The van der Waals surface area contributed by atoms with E-state index in [-0.39, 0.29) is 0 Å². The zero-order chi connectivity index (χ0) is 43.6. The number of nitrogens with zero attached hydrogens (tertiary/aromatic N) is 5. The van der Waals surface area contributed by atoms with Crippen LogP contribution in [0.3, 0.4) is 0 Å². The molecule has 4 aromatic heterocycles. The van der Waals surface area contributed by atoms with Crippen LogP contribution in [0.1, 0.15) is 0 Å². The van der Waals surface area contributed by atoms with Gasteiger partial charge in [0.2, 0.25) is 0 Å². The van der Waals surface area contributed by atoms with E-state index in [0.717, 1.165) is 106 Å². The fourth-order valence-electron chi connectivity index (χ4n) is 9.89. The Hall–Kier alpha value is -9.00. The topological polar surface area (TPSA) is 40.8 Å². The van der Waals surface area contributed by atoms with Crippen molar-refractivity contribution in [2.24, 2.45) is 0 Å². The minimum atomic E-state index is 0.716. The van der Waals surface area contributed by atoms with Gasteiger partial charge in [-0.15, -0.1) is 0 Å². The zero-order valence-corrected chi connectivity index (χ0v) is 35.7. The van der Waals surface area contributed by atoms with Crippen LogP contribution in [0.2, 0.25) is 0 Å². The van der Waals surface area contributed by atoms with Crippen LogP contribution in [0, 0.1) is 6.33 Å². The first kappa shape index (κ1) is 37.5. The SMILES string of the molecule is [c-]1n(-c2cccc(Oc3ccc4c5ccccc5n(-c5nccc6c5c5ccccc5n6-c5ccccc5)c4c3)c2)c2ccccc2[n+]1-c1c(-c2ccccc2)cccc1-c1ccccc1. The van der Waals surface area contributed by atoms with Crippen molar-refractivity contribution in [3.8, 4) is 56.6 Å². The van der Waals surface area contributed by atoms with Crippen molar-refractivity contribution in [1.82, 2.24) is 18.7 Å². The molecule has 0 saturated carbocycles. The number of imidazole rings is 1. The van der Waals surface area contributed by atoms with Gasteiger partial charge in [0, 0.05) is 34.1 Å². The lowest BCUT2D eigenvalue weighted by Crippen LogP contribution is -2.31. The molecule has 0 fully saturated rings. The van der Waals surface area contributed by atoms with E-state index >= 15 is 0 Å². The fraction of sp³-hybridized carbons (Fsp3) is 0. The van der Waals surface area contributed by atoms with Crippen molar-refractivity contribution in [3.63, 3.8) is 0 Å². The summed E-state index contributed by atoms with van der Waals surface area (Å²) in [6.45, 7) is 0. The largest absolute Gasteiger partial charge is 0.458 e. The summed E-state index contributed by atoms with van der Waals surface area (Å²) in [5, 5.41) is 4.51. The second kappa shape index (κ2) is 15.4. The van der Waals surface area contributed by atoms with Gasteiger partial charge in [-0.3, -0.25) is 13.7 Å². The number of benzene rings is 9. The molecule has 310 valence electrons. The molecule has 0 radical (unpaired) electrons. The summed E-state index contributed by atoms with van der Waals surface area (Å²) in [6, 6.07) is 80.8. The van der Waals surface area contributed by atoms with Gasteiger partial charge in [0.1, 0.15) is 17.3 Å². The van der Waals surface area contributed by atoms with E-state index in [1.54, 1.807) is 0 Å². The summed E-state index contributed by atoms with van der Waals surface area (Å²) in [5.41, 5.74) is 14.0. The molecule has 0 spiro atoms. The van der Waals surface area contributed by atoms with E-state index in [1.807, 2.05) is 18.3 Å². The Balaban J connectivity index is 0.944. The average Bonchev–Trinajstić information content (AvgIpc) is 4.05. The van der Waals surface area contributed by atoms with Crippen molar-refractivity contribution in [2.45, 2.75) is 0 Å². The molecule has 0 aliphatic heterocycles. The number of pyridine rings is 1. The molecule has 0 atom stereocenters. The van der Waals surface area contributed by atoms with Gasteiger partial charge < -0.3 is 9.30 Å². The molecule has 0 aliphatic carbocycles. The summed E-state index contributed by atoms with van der Waals surface area (Å²) >= 11 is 0. The van der Waals surface area contributed by atoms with E-state index in [0.29, 0.717) is 5.75 Å². The highest BCUT2D eigenvalue weighted by molar-refractivity contribution is 6.16. The quantitative estimate of drug-likeness (QED) is 0.113. The summed E-state index contributed by atoms with van der Waals surface area (Å²) in [6.07, 6.45) is 5.73. The van der Waals surface area contributed by atoms with Gasteiger partial charge in [0.05, 0.1) is 49.9 Å². The Morgan fingerprint density at radius 1 is 0.409 bits per heavy atom. The molecule has 4 heterocycles. The predicted molar refractivity (Wildman–Crippen MR) is 268 cm³/mol. The maximum atomic E-state index is 6.84. The molecule has 0 aliphatic rings. The molecule has 0 saturated heterocycles. The first-order valence-corrected chi connectivity index (χ1v) is 22.2. The summed E-state index contributed by atoms with van der Waals surface area (Å²) in [4.78, 5) is 5.16. The van der Waals surface area contributed by atoms with Crippen molar-refractivity contribution in [1.29, 1.82) is 0 Å². The van der Waals surface area contributed by atoms with Gasteiger partial charge in [0.15, 0.2) is 0 Å². The number of para-hydroxylation sites is 6. The summed E-state index contributed by atoms with van der Waals surface area (Å²) in [7, 11) is 0. The Bertz CT molecular complexity index is 3900. The highest BCUT2D eigenvalue weighted by Gasteiger charge is 2.22. The lowest BCUT2D eigenvalue weighted by Gasteiger charge is -2.17. The molecule has 6 nitrogen and oxygen atoms in total. The van der Waals surface area contributed by atoms with E-state index in [9.17, 15) is 0 Å². The summed E-state index contributed by atoms with van der Waals surface area (Å²) in [5.74, 6) is 2.31. The fourth-order valence-corrected chi connectivity index (χ4v) is 9.89. The van der Waals surface area contributed by atoms with Gasteiger partial charge in [-0.25, -0.2) is 4.98 Å². The number of hydrogen-bond donors (Lipinski definition) is 0. The number of aromatic nitrogens is 5. The molecular weight excluding hydrogens is 807 g/mol. The average molecular weight is 846 g/mol. The van der Waals surface area contributed by atoms with Crippen molar-refractivity contribution < 1.29 is 9.30 Å². The molecular formula is C60H39N5O. The number of rotatable bonds is 8. The maximum absolute atomic E-state index is 6.84. The highest BCUT2D eigenvalue weighted by Crippen LogP contribution is 2.41. The van der Waals surface area contributed by atoms with Crippen LogP contribution in [-0.2, 0) is 0 Å². The first-order chi connectivity index (χ1) is 32.8. The first-order valence-electron chi connectivity index (χ1n) is 22.2. The Kier molecular flexibility index (Phi) is 8.74. The molecule has 0 N–H and O–H groups in total. The van der Waals surface area contributed by atoms with Crippen LogP contribution in [0.5, 0.6) is 11.5 Å². The van der Waals surface area contributed by atoms with Gasteiger partial charge in [-0.2, -0.15) is 0 Å². The molecule has 0 amide bonds. The molecule has 0 unspecified atom stereocenters. The Morgan fingerprint density at radius 3 is 1.73 bits per heavy atom. The molecule has 13 aromatic rings. The second-order valence-electron chi connectivity index (χ2n) is 16.5. The highest BCUT2D eigenvalue weighted by atomic mass is 16.5. The third-order valence-electron chi connectivity index (χ3n) is 12.7. The maximum Gasteiger partial charge on any atom is 0.269 e. The van der Waals surface area contributed by atoms with Gasteiger partial charge in [-0.1, -0.05) is 164 Å². The van der Waals surface area contributed by atoms with E-state index in [1.165, 1.54) is 0 Å². The van der Waals surface area contributed by atoms with Gasteiger partial charge >= 0.3 is 0 Å².